The number of hydrogen-bond donors (Lipinski definition) is 3. The minimum absolute atomic E-state index is 0.0342. The number of carbonyl (C=O) groups excluding carboxylic acids is 3. The van der Waals surface area contributed by atoms with Crippen LogP contribution in [0, 0.1) is 5.82 Å². The number of amides is 3. The molecule has 1 aromatic carbocycles. The van der Waals surface area contributed by atoms with Crippen molar-refractivity contribution in [3.63, 3.8) is 0 Å². The molecule has 1 atom stereocenters. The van der Waals surface area contributed by atoms with Gasteiger partial charge in [-0.25, -0.2) is 4.39 Å². The van der Waals surface area contributed by atoms with E-state index in [0.717, 1.165) is 38.2 Å². The fourth-order valence-electron chi connectivity index (χ4n) is 2.84. The van der Waals surface area contributed by atoms with Gasteiger partial charge >= 0.3 is 0 Å². The lowest BCUT2D eigenvalue weighted by atomic mass is 9.95. The van der Waals surface area contributed by atoms with E-state index in [1.807, 2.05) is 0 Å². The Morgan fingerprint density at radius 1 is 1.17 bits per heavy atom. The van der Waals surface area contributed by atoms with Gasteiger partial charge in [-0.3, -0.25) is 14.4 Å². The zero-order valence-electron chi connectivity index (χ0n) is 13.4. The summed E-state index contributed by atoms with van der Waals surface area (Å²) in [4.78, 5) is 35.8. The highest BCUT2D eigenvalue weighted by Gasteiger charge is 2.26. The average molecular weight is 335 g/mol. The zero-order chi connectivity index (χ0) is 17.5. The lowest BCUT2D eigenvalue weighted by Gasteiger charge is -2.25. The highest BCUT2D eigenvalue weighted by atomic mass is 19.1. The molecule has 0 saturated heterocycles. The molecule has 0 bridgehead atoms. The molecule has 1 aliphatic carbocycles. The molecule has 0 heterocycles. The molecule has 130 valence electrons. The molecule has 6 nitrogen and oxygen atoms in total. The molecule has 4 N–H and O–H groups in total. The zero-order valence-corrected chi connectivity index (χ0v) is 13.4. The van der Waals surface area contributed by atoms with Crippen LogP contribution in [0.25, 0.3) is 0 Å². The van der Waals surface area contributed by atoms with Crippen molar-refractivity contribution in [2.45, 2.75) is 50.6 Å². The monoisotopic (exact) mass is 335 g/mol. The van der Waals surface area contributed by atoms with Crippen LogP contribution in [-0.4, -0.2) is 29.8 Å². The Labute approximate surface area is 140 Å². The summed E-state index contributed by atoms with van der Waals surface area (Å²) in [7, 11) is 0. The Morgan fingerprint density at radius 3 is 2.46 bits per heavy atom. The number of hydrogen-bond acceptors (Lipinski definition) is 3. The van der Waals surface area contributed by atoms with Gasteiger partial charge in [-0.05, 0) is 25.0 Å². The van der Waals surface area contributed by atoms with Crippen molar-refractivity contribution >= 4 is 17.7 Å². The highest BCUT2D eigenvalue weighted by molar-refractivity contribution is 5.99. The second-order valence-corrected chi connectivity index (χ2v) is 6.02. The summed E-state index contributed by atoms with van der Waals surface area (Å²) in [5.41, 5.74) is 4.98. The SMILES string of the molecule is NC(=O)CC(NC(=O)c1ccccc1F)C(=O)NC1CCCCC1. The predicted octanol–water partition coefficient (Wildman–Crippen LogP) is 1.25. The van der Waals surface area contributed by atoms with Gasteiger partial charge in [-0.2, -0.15) is 0 Å². The van der Waals surface area contributed by atoms with Crippen LogP contribution in [0.5, 0.6) is 0 Å². The van der Waals surface area contributed by atoms with Gasteiger partial charge in [-0.15, -0.1) is 0 Å². The van der Waals surface area contributed by atoms with Crippen LogP contribution < -0.4 is 16.4 Å². The quantitative estimate of drug-likeness (QED) is 0.729. The first kappa shape index (κ1) is 17.9. The molecule has 7 heteroatoms. The third-order valence-electron chi connectivity index (χ3n) is 4.10. The molecular formula is C17H22FN3O3. The van der Waals surface area contributed by atoms with Gasteiger partial charge in [0.05, 0.1) is 12.0 Å². The molecule has 1 unspecified atom stereocenters. The van der Waals surface area contributed by atoms with E-state index in [1.54, 1.807) is 0 Å². The average Bonchev–Trinajstić information content (AvgIpc) is 2.55. The minimum atomic E-state index is -1.11. The molecule has 1 saturated carbocycles. The maximum atomic E-state index is 13.7. The molecule has 3 amide bonds. The molecule has 2 rings (SSSR count). The van der Waals surface area contributed by atoms with Crippen LogP contribution in [-0.2, 0) is 9.59 Å². The van der Waals surface area contributed by atoms with Crippen molar-refractivity contribution in [1.29, 1.82) is 0 Å². The van der Waals surface area contributed by atoms with E-state index >= 15 is 0 Å². The van der Waals surface area contributed by atoms with Crippen molar-refractivity contribution in [3.05, 3.63) is 35.6 Å². The van der Waals surface area contributed by atoms with Crippen LogP contribution in [0.2, 0.25) is 0 Å². The summed E-state index contributed by atoms with van der Waals surface area (Å²) < 4.78 is 13.7. The van der Waals surface area contributed by atoms with Gasteiger partial charge in [-0.1, -0.05) is 31.4 Å². The Balaban J connectivity index is 2.04. The molecule has 0 spiro atoms. The van der Waals surface area contributed by atoms with Gasteiger partial charge < -0.3 is 16.4 Å². The normalized spacial score (nSPS) is 16.2. The number of benzene rings is 1. The standard InChI is InChI=1S/C17H22FN3O3/c18-13-9-5-4-8-12(13)16(23)21-14(10-15(19)22)17(24)20-11-6-2-1-3-7-11/h4-5,8-9,11,14H,1-3,6-7,10H2,(H2,19,22)(H,20,24)(H,21,23). The van der Waals surface area contributed by atoms with Crippen molar-refractivity contribution in [3.8, 4) is 0 Å². The van der Waals surface area contributed by atoms with Crippen molar-refractivity contribution in [2.24, 2.45) is 5.73 Å². The van der Waals surface area contributed by atoms with Crippen LogP contribution >= 0.6 is 0 Å². The predicted molar refractivity (Wildman–Crippen MR) is 86.5 cm³/mol. The number of halogens is 1. The van der Waals surface area contributed by atoms with E-state index in [2.05, 4.69) is 10.6 Å². The summed E-state index contributed by atoms with van der Waals surface area (Å²) in [6.07, 6.45) is 4.62. The summed E-state index contributed by atoms with van der Waals surface area (Å²) in [6.45, 7) is 0. The third kappa shape index (κ3) is 5.04. The topological polar surface area (TPSA) is 101 Å². The van der Waals surface area contributed by atoms with Crippen LogP contribution in [0.15, 0.2) is 24.3 Å². The molecule has 0 radical (unpaired) electrons. The Morgan fingerprint density at radius 2 is 1.83 bits per heavy atom. The number of rotatable bonds is 6. The summed E-state index contributed by atoms with van der Waals surface area (Å²) in [5, 5.41) is 5.24. The number of nitrogens with two attached hydrogens (primary N) is 1. The second kappa shape index (κ2) is 8.42. The number of primary amides is 1. The number of carbonyl (C=O) groups is 3. The lowest BCUT2D eigenvalue weighted by Crippen LogP contribution is -2.51. The van der Waals surface area contributed by atoms with Gasteiger partial charge in [0.15, 0.2) is 0 Å². The van der Waals surface area contributed by atoms with Gasteiger partial charge in [0.2, 0.25) is 11.8 Å². The molecular weight excluding hydrogens is 313 g/mol. The fraction of sp³-hybridized carbons (Fsp3) is 0.471. The van der Waals surface area contributed by atoms with Gasteiger partial charge in [0, 0.05) is 6.04 Å². The highest BCUT2D eigenvalue weighted by Crippen LogP contribution is 2.17. The van der Waals surface area contributed by atoms with E-state index in [1.165, 1.54) is 18.2 Å². The maximum absolute atomic E-state index is 13.7. The van der Waals surface area contributed by atoms with Crippen LogP contribution in [0.3, 0.4) is 0 Å². The second-order valence-electron chi connectivity index (χ2n) is 6.02. The Hall–Kier alpha value is -2.44. The van der Waals surface area contributed by atoms with E-state index in [4.69, 9.17) is 5.73 Å². The van der Waals surface area contributed by atoms with E-state index < -0.39 is 29.6 Å². The maximum Gasteiger partial charge on any atom is 0.254 e. The largest absolute Gasteiger partial charge is 0.370 e. The summed E-state index contributed by atoms with van der Waals surface area (Å²) >= 11 is 0. The van der Waals surface area contributed by atoms with Crippen LogP contribution in [0.4, 0.5) is 4.39 Å². The van der Waals surface area contributed by atoms with Crippen molar-refractivity contribution in [1.82, 2.24) is 10.6 Å². The van der Waals surface area contributed by atoms with E-state index in [9.17, 15) is 18.8 Å². The van der Waals surface area contributed by atoms with Crippen molar-refractivity contribution in [2.75, 3.05) is 0 Å². The molecule has 1 aromatic rings. The number of nitrogens with one attached hydrogen (secondary N) is 2. The Bertz CT molecular complexity index is 615. The van der Waals surface area contributed by atoms with E-state index in [0.29, 0.717) is 0 Å². The summed E-state index contributed by atoms with van der Waals surface area (Å²) in [6, 6.07) is 4.36. The Kier molecular flexibility index (Phi) is 6.28. The first-order valence-electron chi connectivity index (χ1n) is 8.11. The smallest absolute Gasteiger partial charge is 0.254 e. The van der Waals surface area contributed by atoms with E-state index in [-0.39, 0.29) is 18.0 Å². The van der Waals surface area contributed by atoms with Gasteiger partial charge in [0.25, 0.3) is 5.91 Å². The van der Waals surface area contributed by atoms with Gasteiger partial charge in [0.1, 0.15) is 11.9 Å². The first-order chi connectivity index (χ1) is 11.5. The fourth-order valence-corrected chi connectivity index (χ4v) is 2.84. The minimum Gasteiger partial charge on any atom is -0.370 e. The first-order valence-corrected chi connectivity index (χ1v) is 8.11. The molecule has 1 aliphatic rings. The van der Waals surface area contributed by atoms with Crippen LogP contribution in [0.1, 0.15) is 48.9 Å². The molecule has 1 fully saturated rings. The third-order valence-corrected chi connectivity index (χ3v) is 4.10. The van der Waals surface area contributed by atoms with Crippen molar-refractivity contribution < 1.29 is 18.8 Å². The molecule has 24 heavy (non-hydrogen) atoms. The summed E-state index contributed by atoms with van der Waals surface area (Å²) in [5.74, 6) is -2.63. The molecule has 0 aliphatic heterocycles. The molecule has 0 aromatic heterocycles. The lowest BCUT2D eigenvalue weighted by molar-refractivity contribution is -0.127.